The second-order valence-corrected chi connectivity index (χ2v) is 11.2. The van der Waals surface area contributed by atoms with Crippen molar-refractivity contribution in [3.05, 3.63) is 47.5 Å². The Hall–Kier alpha value is -2.67. The van der Waals surface area contributed by atoms with Crippen LogP contribution >= 0.6 is 0 Å². The van der Waals surface area contributed by atoms with E-state index >= 15 is 0 Å². The number of ether oxygens (including phenoxy) is 1. The first-order valence-electron chi connectivity index (χ1n) is 12.4. The highest BCUT2D eigenvalue weighted by Crippen LogP contribution is 2.40. The van der Waals surface area contributed by atoms with E-state index in [4.69, 9.17) is 4.98 Å². The predicted molar refractivity (Wildman–Crippen MR) is 137 cm³/mol. The number of nitrogens with zero attached hydrogens (tertiary/aromatic N) is 2. The van der Waals surface area contributed by atoms with Gasteiger partial charge in [-0.2, -0.15) is 8.78 Å². The molecule has 4 rings (SSSR count). The number of fused-ring (bicyclic) bond motifs is 1. The molecule has 0 spiro atoms. The highest BCUT2D eigenvalue weighted by Gasteiger charge is 2.29. The molecule has 2 atom stereocenters. The van der Waals surface area contributed by atoms with E-state index in [1.54, 1.807) is 12.1 Å². The van der Waals surface area contributed by atoms with Crippen molar-refractivity contribution >= 4 is 22.7 Å². The number of aliphatic hydroxyl groups is 1. The lowest BCUT2D eigenvalue weighted by Crippen LogP contribution is -2.23. The third-order valence-corrected chi connectivity index (χ3v) is 6.70. The van der Waals surface area contributed by atoms with Crippen molar-refractivity contribution in [2.24, 2.45) is 11.8 Å². The zero-order valence-electron chi connectivity index (χ0n) is 21.5. The minimum atomic E-state index is -3.23. The topological polar surface area (TPSA) is 59.3 Å². The minimum Gasteiger partial charge on any atom is -0.433 e. The zero-order chi connectivity index (χ0) is 25.5. The summed E-state index contributed by atoms with van der Waals surface area (Å²) in [6, 6.07) is 11.1. The summed E-state index contributed by atoms with van der Waals surface area (Å²) in [7, 11) is 0. The van der Waals surface area contributed by atoms with E-state index in [0.717, 1.165) is 53.6 Å². The Labute approximate surface area is 206 Å². The Kier molecular flexibility index (Phi) is 6.84. The summed E-state index contributed by atoms with van der Waals surface area (Å²) in [5.41, 5.74) is 4.10. The molecule has 1 aliphatic rings. The van der Waals surface area contributed by atoms with Gasteiger partial charge < -0.3 is 19.7 Å². The van der Waals surface area contributed by atoms with E-state index in [2.05, 4.69) is 47.5 Å². The van der Waals surface area contributed by atoms with Crippen LogP contribution in [0.15, 0.2) is 36.4 Å². The first-order valence-corrected chi connectivity index (χ1v) is 12.4. The number of benzene rings is 2. The van der Waals surface area contributed by atoms with Gasteiger partial charge in [0.15, 0.2) is 0 Å². The van der Waals surface area contributed by atoms with Gasteiger partial charge in [0.2, 0.25) is 5.95 Å². The summed E-state index contributed by atoms with van der Waals surface area (Å²) in [6.07, 6.45) is 0.701. The molecule has 1 aromatic heterocycles. The van der Waals surface area contributed by atoms with Crippen molar-refractivity contribution < 1.29 is 18.6 Å². The van der Waals surface area contributed by atoms with Crippen LogP contribution in [-0.4, -0.2) is 26.4 Å². The van der Waals surface area contributed by atoms with Crippen LogP contribution in [0.3, 0.4) is 0 Å². The molecule has 0 amide bonds. The Bertz CT molecular complexity index is 1170. The van der Waals surface area contributed by atoms with E-state index in [9.17, 15) is 13.9 Å². The molecule has 3 aromatic rings. The Morgan fingerprint density at radius 2 is 1.69 bits per heavy atom. The van der Waals surface area contributed by atoms with Gasteiger partial charge in [-0.15, -0.1) is 0 Å². The normalized spacial score (nSPS) is 21.3. The van der Waals surface area contributed by atoms with Gasteiger partial charge in [-0.1, -0.05) is 13.8 Å². The quantitative estimate of drug-likeness (QED) is 0.366. The predicted octanol–water partition coefficient (Wildman–Crippen LogP) is 7.39. The number of hydrogen-bond donors (Lipinski definition) is 2. The van der Waals surface area contributed by atoms with E-state index in [0.29, 0.717) is 24.3 Å². The third-order valence-electron chi connectivity index (χ3n) is 6.70. The number of aryl methyl sites for hydroxylation is 1. The van der Waals surface area contributed by atoms with Crippen molar-refractivity contribution in [1.29, 1.82) is 0 Å². The molecule has 2 N–H and O–H groups in total. The molecule has 0 saturated heterocycles. The Morgan fingerprint density at radius 3 is 2.26 bits per heavy atom. The largest absolute Gasteiger partial charge is 0.433 e. The number of imidazole rings is 1. The molecule has 1 aliphatic carbocycles. The van der Waals surface area contributed by atoms with Gasteiger partial charge in [0.05, 0.1) is 16.6 Å². The number of anilines is 2. The molecule has 0 bridgehead atoms. The van der Waals surface area contributed by atoms with Crippen LogP contribution in [0.4, 0.5) is 20.4 Å². The number of nitrogens with one attached hydrogen (secondary N) is 1. The number of alkyl halides is 2. The second kappa shape index (κ2) is 9.41. The summed E-state index contributed by atoms with van der Waals surface area (Å²) >= 11 is 0. The molecular weight excluding hydrogens is 448 g/mol. The zero-order valence-corrected chi connectivity index (χ0v) is 21.5. The monoisotopic (exact) mass is 485 g/mol. The maximum atomic E-state index is 13.2. The molecule has 7 heteroatoms. The number of hydrogen-bond acceptors (Lipinski definition) is 4. The van der Waals surface area contributed by atoms with E-state index < -0.39 is 11.7 Å². The summed E-state index contributed by atoms with van der Waals surface area (Å²) in [6.45, 7) is 11.1. The lowest BCUT2D eigenvalue weighted by Gasteiger charge is -2.33. The van der Waals surface area contributed by atoms with Crippen molar-refractivity contribution in [1.82, 2.24) is 9.55 Å². The fourth-order valence-corrected chi connectivity index (χ4v) is 5.46. The fourth-order valence-electron chi connectivity index (χ4n) is 5.46. The molecule has 2 aromatic carbocycles. The molecule has 0 aliphatic heterocycles. The molecule has 2 unspecified atom stereocenters. The second-order valence-electron chi connectivity index (χ2n) is 11.2. The third kappa shape index (κ3) is 6.31. The molecular formula is C28H37F2N3O2. The van der Waals surface area contributed by atoms with E-state index in [-0.39, 0.29) is 5.75 Å². The SMILES string of the molecule is Cc1cc2c(cc1CC(C)(C)O)nc(Nc1ccc(OC(C)(F)F)cc1)n2C1CC(C)CC(C)C1. The van der Waals surface area contributed by atoms with E-state index in [1.807, 2.05) is 13.8 Å². The molecule has 1 saturated carbocycles. The van der Waals surface area contributed by atoms with Crippen LogP contribution in [-0.2, 0) is 6.42 Å². The summed E-state index contributed by atoms with van der Waals surface area (Å²) in [5.74, 6) is 2.09. The van der Waals surface area contributed by atoms with Crippen LogP contribution in [0.2, 0.25) is 0 Å². The first-order chi connectivity index (χ1) is 16.3. The Balaban J connectivity index is 1.74. The van der Waals surface area contributed by atoms with Gasteiger partial charge in [-0.25, -0.2) is 4.98 Å². The maximum Gasteiger partial charge on any atom is 0.394 e. The smallest absolute Gasteiger partial charge is 0.394 e. The fraction of sp³-hybridized carbons (Fsp3) is 0.536. The molecule has 5 nitrogen and oxygen atoms in total. The lowest BCUT2D eigenvalue weighted by atomic mass is 9.80. The van der Waals surface area contributed by atoms with Crippen molar-refractivity contribution in [3.63, 3.8) is 0 Å². The van der Waals surface area contributed by atoms with Crippen LogP contribution < -0.4 is 10.1 Å². The van der Waals surface area contributed by atoms with Crippen LogP contribution in [0, 0.1) is 18.8 Å². The summed E-state index contributed by atoms with van der Waals surface area (Å²) in [5, 5.41) is 13.8. The molecule has 1 heterocycles. The summed E-state index contributed by atoms with van der Waals surface area (Å²) in [4.78, 5) is 4.97. The average molecular weight is 486 g/mol. The first kappa shape index (κ1) is 25.4. The molecule has 0 radical (unpaired) electrons. The number of halogens is 2. The molecule has 190 valence electrons. The highest BCUT2D eigenvalue weighted by atomic mass is 19.3. The van der Waals surface area contributed by atoms with Crippen molar-refractivity contribution in [3.8, 4) is 5.75 Å². The van der Waals surface area contributed by atoms with Gasteiger partial charge in [-0.3, -0.25) is 0 Å². The van der Waals surface area contributed by atoms with Crippen molar-refractivity contribution in [2.45, 2.75) is 85.0 Å². The van der Waals surface area contributed by atoms with Crippen LogP contribution in [0.25, 0.3) is 11.0 Å². The van der Waals surface area contributed by atoms with Gasteiger partial charge in [0.1, 0.15) is 5.75 Å². The van der Waals surface area contributed by atoms with Gasteiger partial charge in [0.25, 0.3) is 0 Å². The van der Waals surface area contributed by atoms with Gasteiger partial charge in [0, 0.05) is 25.1 Å². The number of aromatic nitrogens is 2. The summed E-state index contributed by atoms with van der Waals surface area (Å²) < 4.78 is 33.4. The standard InChI is InChI=1S/C28H37F2N3O2/c1-17-11-18(2)13-22(12-17)33-25-14-19(3)20(16-27(4,5)34)15-24(25)32-26(33)31-21-7-9-23(10-8-21)35-28(6,29)30/h7-10,14-15,17-18,22,34H,11-13,16H2,1-6H3,(H,31,32). The van der Waals surface area contributed by atoms with Crippen LogP contribution in [0.5, 0.6) is 5.75 Å². The molecule has 1 fully saturated rings. The van der Waals surface area contributed by atoms with Crippen molar-refractivity contribution in [2.75, 3.05) is 5.32 Å². The number of rotatable bonds is 7. The average Bonchev–Trinajstić information content (AvgIpc) is 3.03. The van der Waals surface area contributed by atoms with Crippen LogP contribution in [0.1, 0.15) is 71.0 Å². The molecule has 35 heavy (non-hydrogen) atoms. The van der Waals surface area contributed by atoms with Gasteiger partial charge >= 0.3 is 6.11 Å². The maximum absolute atomic E-state index is 13.2. The van der Waals surface area contributed by atoms with E-state index in [1.165, 1.54) is 18.6 Å². The van der Waals surface area contributed by atoms with Gasteiger partial charge in [-0.05, 0) is 99.4 Å². The lowest BCUT2D eigenvalue weighted by molar-refractivity contribution is -0.158. The Morgan fingerprint density at radius 1 is 1.06 bits per heavy atom. The highest BCUT2D eigenvalue weighted by molar-refractivity contribution is 5.82. The minimum absolute atomic E-state index is 0.110.